The molecule has 1 amide bonds. The number of morpholine rings is 1. The number of anilines is 1. The fourth-order valence-electron chi connectivity index (χ4n) is 3.84. The monoisotopic (exact) mass is 441 g/mol. The molecule has 1 aliphatic heterocycles. The molecule has 0 spiro atoms. The Hall–Kier alpha value is -3.26. The third-order valence-corrected chi connectivity index (χ3v) is 5.40. The molecule has 6 nitrogen and oxygen atoms in total. The molecule has 1 aliphatic rings. The standard InChI is InChI=1S/C24H25F2N3O3/c1-2-10-29(23(30)17-6-5-7-18(25)15-17)16-20-22(19-8-3-4-9-21(19)26)27-32-24(20)28-11-13-31-14-12-28/h3-9,15H,2,10-14,16H2,1H3. The van der Waals surface area contributed by atoms with Crippen LogP contribution >= 0.6 is 0 Å². The average molecular weight is 441 g/mol. The number of carbonyl (C=O) groups excluding carboxylic acids is 1. The van der Waals surface area contributed by atoms with Gasteiger partial charge in [-0.15, -0.1) is 0 Å². The maximum Gasteiger partial charge on any atom is 0.254 e. The fraction of sp³-hybridized carbons (Fsp3) is 0.333. The molecule has 32 heavy (non-hydrogen) atoms. The van der Waals surface area contributed by atoms with Crippen molar-refractivity contribution in [2.45, 2.75) is 19.9 Å². The van der Waals surface area contributed by atoms with Crippen molar-refractivity contribution in [3.8, 4) is 11.3 Å². The normalized spacial score (nSPS) is 13.9. The Bertz CT molecular complexity index is 1080. The second kappa shape index (κ2) is 9.91. The molecule has 0 atom stereocenters. The number of rotatable bonds is 7. The van der Waals surface area contributed by atoms with Crippen molar-refractivity contribution in [2.75, 3.05) is 37.7 Å². The molecule has 0 aliphatic carbocycles. The van der Waals surface area contributed by atoms with Gasteiger partial charge in [0.05, 0.1) is 25.3 Å². The van der Waals surface area contributed by atoms with Crippen molar-refractivity contribution in [2.24, 2.45) is 0 Å². The van der Waals surface area contributed by atoms with Gasteiger partial charge in [-0.1, -0.05) is 30.3 Å². The number of nitrogens with zero attached hydrogens (tertiary/aromatic N) is 3. The van der Waals surface area contributed by atoms with Crippen LogP contribution in [0.15, 0.2) is 53.1 Å². The van der Waals surface area contributed by atoms with Crippen LogP contribution in [0.25, 0.3) is 11.3 Å². The van der Waals surface area contributed by atoms with Gasteiger partial charge >= 0.3 is 0 Å². The van der Waals surface area contributed by atoms with E-state index in [-0.39, 0.29) is 18.0 Å². The molecule has 4 rings (SSSR count). The Balaban J connectivity index is 1.74. The molecule has 2 heterocycles. The minimum atomic E-state index is -0.474. The van der Waals surface area contributed by atoms with Crippen LogP contribution in [-0.4, -0.2) is 48.8 Å². The maximum atomic E-state index is 14.6. The van der Waals surface area contributed by atoms with Gasteiger partial charge in [0.15, 0.2) is 0 Å². The van der Waals surface area contributed by atoms with Gasteiger partial charge < -0.3 is 19.1 Å². The number of carbonyl (C=O) groups is 1. The van der Waals surface area contributed by atoms with E-state index in [9.17, 15) is 13.6 Å². The van der Waals surface area contributed by atoms with Gasteiger partial charge in [-0.25, -0.2) is 8.78 Å². The van der Waals surface area contributed by atoms with E-state index >= 15 is 0 Å². The lowest BCUT2D eigenvalue weighted by Gasteiger charge is -2.28. The molecular formula is C24H25F2N3O3. The molecule has 0 unspecified atom stereocenters. The van der Waals surface area contributed by atoms with E-state index in [1.54, 1.807) is 29.2 Å². The Morgan fingerprint density at radius 2 is 1.91 bits per heavy atom. The van der Waals surface area contributed by atoms with Crippen molar-refractivity contribution in [3.63, 3.8) is 0 Å². The summed E-state index contributed by atoms with van der Waals surface area (Å²) in [6, 6.07) is 12.0. The molecule has 8 heteroatoms. The van der Waals surface area contributed by atoms with Crippen LogP contribution in [0.2, 0.25) is 0 Å². The van der Waals surface area contributed by atoms with Crippen LogP contribution in [0.5, 0.6) is 0 Å². The number of ether oxygens (including phenoxy) is 1. The molecule has 1 fully saturated rings. The lowest BCUT2D eigenvalue weighted by molar-refractivity contribution is 0.0742. The first-order chi connectivity index (χ1) is 15.6. The van der Waals surface area contributed by atoms with Crippen LogP contribution in [0, 0.1) is 11.6 Å². The van der Waals surface area contributed by atoms with Gasteiger partial charge in [0.2, 0.25) is 5.88 Å². The predicted octanol–water partition coefficient (Wildman–Crippen LogP) is 4.51. The van der Waals surface area contributed by atoms with Gasteiger partial charge in [0.25, 0.3) is 5.91 Å². The summed E-state index contributed by atoms with van der Waals surface area (Å²) in [5.41, 5.74) is 1.55. The van der Waals surface area contributed by atoms with Crippen molar-refractivity contribution < 1.29 is 22.8 Å². The Labute approximate surface area is 185 Å². The van der Waals surface area contributed by atoms with E-state index in [4.69, 9.17) is 9.26 Å². The predicted molar refractivity (Wildman–Crippen MR) is 116 cm³/mol. The minimum absolute atomic E-state index is 0.156. The fourth-order valence-corrected chi connectivity index (χ4v) is 3.84. The van der Waals surface area contributed by atoms with Crippen LogP contribution < -0.4 is 4.90 Å². The summed E-state index contributed by atoms with van der Waals surface area (Å²) in [5.74, 6) is -0.702. The van der Waals surface area contributed by atoms with Gasteiger partial charge in [0, 0.05) is 30.8 Å². The van der Waals surface area contributed by atoms with Crippen LogP contribution in [0.1, 0.15) is 29.3 Å². The third kappa shape index (κ3) is 4.65. The van der Waals surface area contributed by atoms with E-state index < -0.39 is 11.6 Å². The number of aromatic nitrogens is 1. The molecule has 1 saturated heterocycles. The zero-order valence-corrected chi connectivity index (χ0v) is 17.9. The van der Waals surface area contributed by atoms with Crippen molar-refractivity contribution in [1.29, 1.82) is 0 Å². The number of hydrogen-bond donors (Lipinski definition) is 0. The average Bonchev–Trinajstić information content (AvgIpc) is 3.22. The summed E-state index contributed by atoms with van der Waals surface area (Å²) in [6.07, 6.45) is 0.703. The van der Waals surface area contributed by atoms with Crippen molar-refractivity contribution in [3.05, 3.63) is 71.3 Å². The van der Waals surface area contributed by atoms with Gasteiger partial charge in [0.1, 0.15) is 17.3 Å². The van der Waals surface area contributed by atoms with Crippen molar-refractivity contribution >= 4 is 11.8 Å². The first-order valence-corrected chi connectivity index (χ1v) is 10.7. The lowest BCUT2D eigenvalue weighted by atomic mass is 10.1. The van der Waals surface area contributed by atoms with Gasteiger partial charge in [-0.2, -0.15) is 0 Å². The second-order valence-electron chi connectivity index (χ2n) is 7.63. The minimum Gasteiger partial charge on any atom is -0.378 e. The summed E-state index contributed by atoms with van der Waals surface area (Å²) < 4.78 is 39.5. The summed E-state index contributed by atoms with van der Waals surface area (Å²) in [4.78, 5) is 16.8. The summed E-state index contributed by atoms with van der Waals surface area (Å²) in [6.45, 7) is 4.84. The third-order valence-electron chi connectivity index (χ3n) is 5.40. The highest BCUT2D eigenvalue weighted by molar-refractivity contribution is 5.94. The highest BCUT2D eigenvalue weighted by Gasteiger charge is 2.28. The zero-order valence-electron chi connectivity index (χ0n) is 17.9. The van der Waals surface area contributed by atoms with Crippen molar-refractivity contribution in [1.82, 2.24) is 10.1 Å². The number of amides is 1. The SMILES string of the molecule is CCCN(Cc1c(-c2ccccc2F)noc1N1CCOCC1)C(=O)c1cccc(F)c1. The van der Waals surface area contributed by atoms with Crippen LogP contribution in [0.4, 0.5) is 14.7 Å². The Morgan fingerprint density at radius 3 is 2.62 bits per heavy atom. The molecule has 1 aromatic heterocycles. The van der Waals surface area contributed by atoms with Crippen LogP contribution in [0.3, 0.4) is 0 Å². The van der Waals surface area contributed by atoms with E-state index in [0.717, 1.165) is 0 Å². The molecule has 0 radical (unpaired) electrons. The molecule has 0 N–H and O–H groups in total. The summed E-state index contributed by atoms with van der Waals surface area (Å²) in [5, 5.41) is 4.19. The summed E-state index contributed by atoms with van der Waals surface area (Å²) in [7, 11) is 0. The smallest absolute Gasteiger partial charge is 0.254 e. The highest BCUT2D eigenvalue weighted by Crippen LogP contribution is 2.34. The number of hydrogen-bond acceptors (Lipinski definition) is 5. The maximum absolute atomic E-state index is 14.6. The number of benzene rings is 2. The van der Waals surface area contributed by atoms with E-state index in [2.05, 4.69) is 5.16 Å². The molecule has 0 bridgehead atoms. The summed E-state index contributed by atoms with van der Waals surface area (Å²) >= 11 is 0. The first-order valence-electron chi connectivity index (χ1n) is 10.7. The molecular weight excluding hydrogens is 416 g/mol. The highest BCUT2D eigenvalue weighted by atomic mass is 19.1. The largest absolute Gasteiger partial charge is 0.378 e. The van der Waals surface area contributed by atoms with Gasteiger partial charge in [-0.3, -0.25) is 4.79 Å². The van der Waals surface area contributed by atoms with Gasteiger partial charge in [-0.05, 0) is 36.8 Å². The molecule has 2 aromatic carbocycles. The van der Waals surface area contributed by atoms with E-state index in [0.29, 0.717) is 62.0 Å². The number of halogens is 2. The quantitative estimate of drug-likeness (QED) is 0.540. The molecule has 0 saturated carbocycles. The lowest BCUT2D eigenvalue weighted by Crippen LogP contribution is -2.37. The first kappa shape index (κ1) is 22.0. The second-order valence-corrected chi connectivity index (χ2v) is 7.63. The van der Waals surface area contributed by atoms with E-state index in [1.165, 1.54) is 24.3 Å². The molecule has 168 valence electrons. The zero-order chi connectivity index (χ0) is 22.5. The molecule has 3 aromatic rings. The Morgan fingerprint density at radius 1 is 1.12 bits per heavy atom. The van der Waals surface area contributed by atoms with Crippen LogP contribution in [-0.2, 0) is 11.3 Å². The van der Waals surface area contributed by atoms with E-state index in [1.807, 2.05) is 11.8 Å². The Kier molecular flexibility index (Phi) is 6.80. The topological polar surface area (TPSA) is 58.8 Å².